The Kier molecular flexibility index (Phi) is 4.68. The van der Waals surface area contributed by atoms with Gasteiger partial charge in [0.2, 0.25) is 0 Å². The maximum atomic E-state index is 12.8. The van der Waals surface area contributed by atoms with Gasteiger partial charge in [-0.25, -0.2) is 4.39 Å². The molecule has 1 aromatic carbocycles. The van der Waals surface area contributed by atoms with Gasteiger partial charge < -0.3 is 5.32 Å². The van der Waals surface area contributed by atoms with Gasteiger partial charge in [-0.1, -0.05) is 19.1 Å². The van der Waals surface area contributed by atoms with Crippen LogP contribution in [0.5, 0.6) is 0 Å². The monoisotopic (exact) mass is 261 g/mol. The van der Waals surface area contributed by atoms with Crippen LogP contribution in [0.4, 0.5) is 4.39 Å². The second kappa shape index (κ2) is 6.48. The Morgan fingerprint density at radius 3 is 2.74 bits per heavy atom. The van der Waals surface area contributed by atoms with E-state index in [1.54, 1.807) is 0 Å². The van der Waals surface area contributed by atoms with E-state index in [4.69, 9.17) is 0 Å². The Balaban J connectivity index is 1.88. The maximum Gasteiger partial charge on any atom is 0.123 e. The zero-order chi connectivity index (χ0) is 13.7. The molecule has 3 nitrogen and oxygen atoms in total. The Morgan fingerprint density at radius 2 is 2.05 bits per heavy atom. The molecule has 0 saturated carbocycles. The predicted octanol–water partition coefficient (Wildman–Crippen LogP) is 3.28. The quantitative estimate of drug-likeness (QED) is 0.864. The molecule has 2 rings (SSSR count). The minimum Gasteiger partial charge on any atom is -0.306 e. The largest absolute Gasteiger partial charge is 0.306 e. The minimum absolute atomic E-state index is 0.190. The zero-order valence-electron chi connectivity index (χ0n) is 11.4. The van der Waals surface area contributed by atoms with E-state index in [1.165, 1.54) is 17.7 Å². The van der Waals surface area contributed by atoms with Gasteiger partial charge >= 0.3 is 0 Å². The standard InChI is InChI=1S/C15H20FN3/c1-3-8-19-11-13(10-18-19)9-17-12(2)14-4-6-15(16)7-5-14/h4-7,10-12,17H,3,8-9H2,1-2H3/t12-/m1/s1. The molecule has 19 heavy (non-hydrogen) atoms. The molecule has 1 heterocycles. The summed E-state index contributed by atoms with van der Waals surface area (Å²) in [6.07, 6.45) is 5.04. The molecule has 4 heteroatoms. The highest BCUT2D eigenvalue weighted by Crippen LogP contribution is 2.13. The van der Waals surface area contributed by atoms with Crippen molar-refractivity contribution in [1.82, 2.24) is 15.1 Å². The van der Waals surface area contributed by atoms with Crippen LogP contribution >= 0.6 is 0 Å². The molecule has 0 aliphatic heterocycles. The van der Waals surface area contributed by atoms with Crippen molar-refractivity contribution in [2.24, 2.45) is 0 Å². The van der Waals surface area contributed by atoms with Crippen molar-refractivity contribution in [1.29, 1.82) is 0 Å². The predicted molar refractivity (Wildman–Crippen MR) is 74.2 cm³/mol. The first kappa shape index (κ1) is 13.7. The second-order valence-corrected chi connectivity index (χ2v) is 4.77. The van der Waals surface area contributed by atoms with Crippen LogP contribution in [0, 0.1) is 5.82 Å². The van der Waals surface area contributed by atoms with E-state index in [9.17, 15) is 4.39 Å². The number of nitrogens with one attached hydrogen (secondary N) is 1. The highest BCUT2D eigenvalue weighted by Gasteiger charge is 2.05. The number of halogens is 1. The van der Waals surface area contributed by atoms with Gasteiger partial charge in [-0.3, -0.25) is 4.68 Å². The van der Waals surface area contributed by atoms with Gasteiger partial charge in [0, 0.05) is 30.9 Å². The third kappa shape index (κ3) is 3.89. The summed E-state index contributed by atoms with van der Waals surface area (Å²) >= 11 is 0. The summed E-state index contributed by atoms with van der Waals surface area (Å²) in [5, 5.41) is 7.71. The van der Waals surface area contributed by atoms with E-state index >= 15 is 0 Å². The van der Waals surface area contributed by atoms with Crippen molar-refractivity contribution >= 4 is 0 Å². The molecule has 0 unspecified atom stereocenters. The highest BCUT2D eigenvalue weighted by atomic mass is 19.1. The lowest BCUT2D eigenvalue weighted by Crippen LogP contribution is -2.17. The lowest BCUT2D eigenvalue weighted by atomic mass is 10.1. The molecular formula is C15H20FN3. The molecule has 0 fully saturated rings. The first-order valence-electron chi connectivity index (χ1n) is 6.69. The number of aromatic nitrogens is 2. The Morgan fingerprint density at radius 1 is 1.32 bits per heavy atom. The van der Waals surface area contributed by atoms with Crippen molar-refractivity contribution < 1.29 is 4.39 Å². The summed E-state index contributed by atoms with van der Waals surface area (Å²) in [6, 6.07) is 6.80. The first-order chi connectivity index (χ1) is 9.19. The Hall–Kier alpha value is -1.68. The van der Waals surface area contributed by atoms with Crippen molar-refractivity contribution in [3.63, 3.8) is 0 Å². The molecule has 102 valence electrons. The summed E-state index contributed by atoms with van der Waals surface area (Å²) < 4.78 is 14.8. The van der Waals surface area contributed by atoms with E-state index in [2.05, 4.69) is 30.5 Å². The molecular weight excluding hydrogens is 241 g/mol. The zero-order valence-corrected chi connectivity index (χ0v) is 11.4. The number of aryl methyl sites for hydroxylation is 1. The van der Waals surface area contributed by atoms with Gasteiger partial charge in [0.25, 0.3) is 0 Å². The smallest absolute Gasteiger partial charge is 0.123 e. The van der Waals surface area contributed by atoms with Crippen LogP contribution in [0.3, 0.4) is 0 Å². The number of hydrogen-bond acceptors (Lipinski definition) is 2. The van der Waals surface area contributed by atoms with Crippen molar-refractivity contribution in [3.8, 4) is 0 Å². The molecule has 0 spiro atoms. The van der Waals surface area contributed by atoms with Crippen LogP contribution in [0.15, 0.2) is 36.7 Å². The molecule has 0 saturated heterocycles. The molecule has 0 aliphatic carbocycles. The number of rotatable bonds is 6. The van der Waals surface area contributed by atoms with Crippen molar-refractivity contribution in [2.45, 2.75) is 39.4 Å². The summed E-state index contributed by atoms with van der Waals surface area (Å²) in [5.41, 5.74) is 2.25. The van der Waals surface area contributed by atoms with Crippen LogP contribution in [0.25, 0.3) is 0 Å². The van der Waals surface area contributed by atoms with Gasteiger partial charge in [0.15, 0.2) is 0 Å². The summed E-state index contributed by atoms with van der Waals surface area (Å²) in [4.78, 5) is 0. The molecule has 0 bridgehead atoms. The van der Waals surface area contributed by atoms with Crippen LogP contribution in [0.2, 0.25) is 0 Å². The molecule has 0 amide bonds. The molecule has 1 aromatic heterocycles. The topological polar surface area (TPSA) is 29.9 Å². The fraction of sp³-hybridized carbons (Fsp3) is 0.400. The van der Waals surface area contributed by atoms with Crippen molar-refractivity contribution in [2.75, 3.05) is 0 Å². The fourth-order valence-electron chi connectivity index (χ4n) is 1.99. The third-order valence-corrected chi connectivity index (χ3v) is 3.12. The van der Waals surface area contributed by atoms with E-state index in [0.717, 1.165) is 25.1 Å². The third-order valence-electron chi connectivity index (χ3n) is 3.12. The van der Waals surface area contributed by atoms with Gasteiger partial charge in [0.1, 0.15) is 5.82 Å². The number of hydrogen-bond donors (Lipinski definition) is 1. The fourth-order valence-corrected chi connectivity index (χ4v) is 1.99. The Labute approximate surface area is 113 Å². The normalized spacial score (nSPS) is 12.6. The molecule has 0 radical (unpaired) electrons. The lowest BCUT2D eigenvalue weighted by Gasteiger charge is -2.13. The van der Waals surface area contributed by atoms with Crippen LogP contribution in [-0.4, -0.2) is 9.78 Å². The first-order valence-corrected chi connectivity index (χ1v) is 6.69. The van der Waals surface area contributed by atoms with E-state index in [1.807, 2.05) is 23.0 Å². The average molecular weight is 261 g/mol. The van der Waals surface area contributed by atoms with E-state index in [0.29, 0.717) is 0 Å². The molecule has 1 N–H and O–H groups in total. The maximum absolute atomic E-state index is 12.8. The van der Waals surface area contributed by atoms with Crippen molar-refractivity contribution in [3.05, 3.63) is 53.6 Å². The summed E-state index contributed by atoms with van der Waals surface area (Å²) in [6.45, 7) is 5.93. The van der Waals surface area contributed by atoms with E-state index < -0.39 is 0 Å². The number of nitrogens with zero attached hydrogens (tertiary/aromatic N) is 2. The summed E-state index contributed by atoms with van der Waals surface area (Å²) in [5.74, 6) is -0.197. The molecule has 1 atom stereocenters. The average Bonchev–Trinajstić information content (AvgIpc) is 2.85. The van der Waals surface area contributed by atoms with Crippen LogP contribution in [-0.2, 0) is 13.1 Å². The van der Waals surface area contributed by atoms with Gasteiger partial charge in [-0.05, 0) is 31.0 Å². The van der Waals surface area contributed by atoms with Gasteiger partial charge in [0.05, 0.1) is 6.20 Å². The second-order valence-electron chi connectivity index (χ2n) is 4.77. The minimum atomic E-state index is -0.197. The summed E-state index contributed by atoms with van der Waals surface area (Å²) in [7, 11) is 0. The highest BCUT2D eigenvalue weighted by molar-refractivity contribution is 5.19. The van der Waals surface area contributed by atoms with Gasteiger partial charge in [-0.2, -0.15) is 5.10 Å². The van der Waals surface area contributed by atoms with Crippen LogP contribution in [0.1, 0.15) is 37.4 Å². The Bertz CT molecular complexity index is 504. The number of benzene rings is 1. The van der Waals surface area contributed by atoms with Gasteiger partial charge in [-0.15, -0.1) is 0 Å². The van der Waals surface area contributed by atoms with E-state index in [-0.39, 0.29) is 11.9 Å². The SMILES string of the molecule is CCCn1cc(CN[C@H](C)c2ccc(F)cc2)cn1. The molecule has 2 aromatic rings. The lowest BCUT2D eigenvalue weighted by molar-refractivity contribution is 0.568. The molecule has 0 aliphatic rings. The van der Waals surface area contributed by atoms with Crippen LogP contribution < -0.4 is 5.32 Å².